The Hall–Kier alpha value is -3.80. The van der Waals surface area contributed by atoms with Crippen molar-refractivity contribution in [1.29, 1.82) is 0 Å². The smallest absolute Gasteiger partial charge is 0.251 e. The van der Waals surface area contributed by atoms with Crippen LogP contribution in [0.2, 0.25) is 0 Å². The first kappa shape index (κ1) is 19.5. The minimum Gasteiger partial charge on any atom is -0.340 e. The molecule has 0 bridgehead atoms. The Morgan fingerprint density at radius 1 is 1.00 bits per heavy atom. The Labute approximate surface area is 173 Å². The number of nitrogens with one attached hydrogen (secondary N) is 1. The van der Waals surface area contributed by atoms with Crippen molar-refractivity contribution >= 4 is 5.91 Å². The number of carbonyl (C=O) groups is 1. The summed E-state index contributed by atoms with van der Waals surface area (Å²) in [7, 11) is 0. The van der Waals surface area contributed by atoms with Crippen LogP contribution < -0.4 is 5.32 Å². The van der Waals surface area contributed by atoms with E-state index in [4.69, 9.17) is 4.52 Å². The molecule has 1 heterocycles. The average Bonchev–Trinajstić information content (AvgIpc) is 3.25. The number of aryl methyl sites for hydroxylation is 1. The number of aromatic nitrogens is 2. The van der Waals surface area contributed by atoms with Crippen LogP contribution in [0.3, 0.4) is 0 Å². The van der Waals surface area contributed by atoms with Crippen LogP contribution in [-0.4, -0.2) is 16.0 Å². The molecule has 0 saturated heterocycles. The van der Waals surface area contributed by atoms with Gasteiger partial charge >= 0.3 is 0 Å². The van der Waals surface area contributed by atoms with Crippen molar-refractivity contribution in [3.05, 3.63) is 107 Å². The van der Waals surface area contributed by atoms with Crippen LogP contribution >= 0.6 is 0 Å². The Morgan fingerprint density at radius 2 is 1.70 bits per heavy atom. The molecule has 150 valence electrons. The van der Waals surface area contributed by atoms with Gasteiger partial charge < -0.3 is 9.84 Å². The number of halogens is 1. The molecule has 1 N–H and O–H groups in total. The summed E-state index contributed by atoms with van der Waals surface area (Å²) in [4.78, 5) is 17.3. The van der Waals surface area contributed by atoms with E-state index in [9.17, 15) is 9.18 Å². The summed E-state index contributed by atoms with van der Waals surface area (Å²) in [5, 5.41) is 7.01. The van der Waals surface area contributed by atoms with Gasteiger partial charge in [0.25, 0.3) is 5.91 Å². The van der Waals surface area contributed by atoms with Crippen molar-refractivity contribution in [1.82, 2.24) is 15.5 Å². The van der Waals surface area contributed by atoms with Gasteiger partial charge in [-0.05, 0) is 48.9 Å². The third kappa shape index (κ3) is 4.60. The van der Waals surface area contributed by atoms with Crippen molar-refractivity contribution in [2.45, 2.75) is 19.4 Å². The molecule has 5 nitrogen and oxygen atoms in total. The van der Waals surface area contributed by atoms with E-state index in [0.717, 1.165) is 11.1 Å². The first-order valence-electron chi connectivity index (χ1n) is 9.59. The van der Waals surface area contributed by atoms with Gasteiger partial charge in [-0.1, -0.05) is 53.2 Å². The zero-order chi connectivity index (χ0) is 20.9. The molecule has 4 rings (SSSR count). The number of hydrogen-bond acceptors (Lipinski definition) is 4. The second kappa shape index (κ2) is 8.69. The molecule has 0 spiro atoms. The molecule has 4 aromatic rings. The van der Waals surface area contributed by atoms with Crippen molar-refractivity contribution in [2.75, 3.05) is 0 Å². The Bertz CT molecular complexity index is 1120. The van der Waals surface area contributed by atoms with Crippen molar-refractivity contribution in [3.8, 4) is 11.4 Å². The number of amides is 1. The molecule has 1 atom stereocenters. The van der Waals surface area contributed by atoms with Crippen molar-refractivity contribution < 1.29 is 13.7 Å². The molecule has 6 heteroatoms. The molecular formula is C24H20FN3O2. The predicted octanol–water partition coefficient (Wildman–Crippen LogP) is 4.90. The number of rotatable bonds is 6. The lowest BCUT2D eigenvalue weighted by Gasteiger charge is -2.15. The minimum atomic E-state index is -0.511. The van der Waals surface area contributed by atoms with Gasteiger partial charge in [-0.3, -0.25) is 4.79 Å². The Kier molecular flexibility index (Phi) is 5.66. The fraction of sp³-hybridized carbons (Fsp3) is 0.125. The maximum atomic E-state index is 13.2. The fourth-order valence-corrected chi connectivity index (χ4v) is 3.09. The van der Waals surface area contributed by atoms with Crippen LogP contribution in [-0.2, 0) is 6.42 Å². The summed E-state index contributed by atoms with van der Waals surface area (Å²) in [5.74, 6) is 0.0681. The van der Waals surface area contributed by atoms with E-state index in [1.165, 1.54) is 12.1 Å². The average molecular weight is 401 g/mol. The van der Waals surface area contributed by atoms with Gasteiger partial charge in [-0.15, -0.1) is 0 Å². The van der Waals surface area contributed by atoms with Crippen LogP contribution in [0.4, 0.5) is 4.39 Å². The highest BCUT2D eigenvalue weighted by atomic mass is 19.1. The first-order chi connectivity index (χ1) is 14.6. The molecule has 0 aliphatic rings. The van der Waals surface area contributed by atoms with Gasteiger partial charge in [0.1, 0.15) is 11.9 Å². The third-order valence-corrected chi connectivity index (χ3v) is 4.74. The highest BCUT2D eigenvalue weighted by Gasteiger charge is 2.23. The first-order valence-corrected chi connectivity index (χ1v) is 9.59. The minimum absolute atomic E-state index is 0.225. The highest BCUT2D eigenvalue weighted by Crippen LogP contribution is 2.22. The molecule has 30 heavy (non-hydrogen) atoms. The van der Waals surface area contributed by atoms with Crippen molar-refractivity contribution in [2.24, 2.45) is 0 Å². The van der Waals surface area contributed by atoms with E-state index in [-0.39, 0.29) is 11.7 Å². The van der Waals surface area contributed by atoms with Crippen LogP contribution in [0.15, 0.2) is 83.4 Å². The second-order valence-electron chi connectivity index (χ2n) is 7.04. The maximum absolute atomic E-state index is 13.2. The molecule has 1 amide bonds. The maximum Gasteiger partial charge on any atom is 0.251 e. The van der Waals surface area contributed by atoms with Crippen LogP contribution in [0, 0.1) is 12.7 Å². The van der Waals surface area contributed by atoms with E-state index >= 15 is 0 Å². The molecule has 1 aromatic heterocycles. The monoisotopic (exact) mass is 401 g/mol. The van der Waals surface area contributed by atoms with E-state index < -0.39 is 6.04 Å². The van der Waals surface area contributed by atoms with E-state index in [1.54, 1.807) is 24.3 Å². The quantitative estimate of drug-likeness (QED) is 0.499. The Balaban J connectivity index is 1.61. The summed E-state index contributed by atoms with van der Waals surface area (Å²) in [5.41, 5.74) is 3.29. The molecule has 1 unspecified atom stereocenters. The van der Waals surface area contributed by atoms with E-state index in [1.807, 2.05) is 49.4 Å². The summed E-state index contributed by atoms with van der Waals surface area (Å²) >= 11 is 0. The van der Waals surface area contributed by atoms with E-state index in [2.05, 4.69) is 15.5 Å². The topological polar surface area (TPSA) is 68.0 Å². The SMILES string of the molecule is Cc1ccc(C(=O)NC(Cc2ccccc2)c2nc(-c3ccc(F)cc3)no2)cc1. The number of nitrogens with zero attached hydrogens (tertiary/aromatic N) is 2. The summed E-state index contributed by atoms with van der Waals surface area (Å²) in [6.45, 7) is 1.97. The second-order valence-corrected chi connectivity index (χ2v) is 7.04. The summed E-state index contributed by atoms with van der Waals surface area (Å²) in [6.07, 6.45) is 0.490. The summed E-state index contributed by atoms with van der Waals surface area (Å²) < 4.78 is 18.7. The molecule has 0 aliphatic carbocycles. The molecule has 0 fully saturated rings. The molecule has 0 radical (unpaired) electrons. The molecule has 0 aliphatic heterocycles. The zero-order valence-electron chi connectivity index (χ0n) is 16.4. The van der Waals surface area contributed by atoms with Crippen molar-refractivity contribution in [3.63, 3.8) is 0 Å². The molecular weight excluding hydrogens is 381 g/mol. The predicted molar refractivity (Wildman–Crippen MR) is 111 cm³/mol. The van der Waals surface area contributed by atoms with Gasteiger partial charge in [-0.25, -0.2) is 4.39 Å². The Morgan fingerprint density at radius 3 is 2.40 bits per heavy atom. The fourth-order valence-electron chi connectivity index (χ4n) is 3.09. The lowest BCUT2D eigenvalue weighted by atomic mass is 10.0. The molecule has 0 saturated carbocycles. The van der Waals surface area contributed by atoms with Gasteiger partial charge in [-0.2, -0.15) is 4.98 Å². The zero-order valence-corrected chi connectivity index (χ0v) is 16.4. The summed E-state index contributed by atoms with van der Waals surface area (Å²) in [6, 6.07) is 22.4. The van der Waals surface area contributed by atoms with Gasteiger partial charge in [0.2, 0.25) is 11.7 Å². The van der Waals surface area contributed by atoms with Crippen LogP contribution in [0.25, 0.3) is 11.4 Å². The number of benzene rings is 3. The van der Waals surface area contributed by atoms with E-state index in [0.29, 0.717) is 29.3 Å². The van der Waals surface area contributed by atoms with Gasteiger partial charge in [0.05, 0.1) is 0 Å². The van der Waals surface area contributed by atoms with Crippen LogP contribution in [0.5, 0.6) is 0 Å². The van der Waals surface area contributed by atoms with Gasteiger partial charge in [0, 0.05) is 17.5 Å². The van der Waals surface area contributed by atoms with Gasteiger partial charge in [0.15, 0.2) is 0 Å². The lowest BCUT2D eigenvalue weighted by Crippen LogP contribution is -2.30. The molecule has 3 aromatic carbocycles. The standard InChI is InChI=1S/C24H20FN3O2/c1-16-7-9-19(10-8-16)23(29)26-21(15-17-5-3-2-4-6-17)24-27-22(28-30-24)18-11-13-20(25)14-12-18/h2-14,21H,15H2,1H3,(H,26,29). The lowest BCUT2D eigenvalue weighted by molar-refractivity contribution is 0.0928. The highest BCUT2D eigenvalue weighted by molar-refractivity contribution is 5.94. The van der Waals surface area contributed by atoms with Crippen LogP contribution in [0.1, 0.15) is 33.4 Å². The third-order valence-electron chi connectivity index (χ3n) is 4.74. The number of carbonyl (C=O) groups excluding carboxylic acids is 1. The number of hydrogen-bond donors (Lipinski definition) is 1. The normalized spacial score (nSPS) is 11.8. The largest absolute Gasteiger partial charge is 0.340 e.